The molecule has 4 rings (SSSR count). The summed E-state index contributed by atoms with van der Waals surface area (Å²) in [6.07, 6.45) is 3.50. The van der Waals surface area contributed by atoms with Gasteiger partial charge in [-0.15, -0.1) is 0 Å². The van der Waals surface area contributed by atoms with E-state index >= 15 is 0 Å². The highest BCUT2D eigenvalue weighted by Crippen LogP contribution is 2.34. The first kappa shape index (κ1) is 14.4. The maximum absolute atomic E-state index is 12.1. The Kier molecular flexibility index (Phi) is 3.46. The van der Waals surface area contributed by atoms with Crippen LogP contribution in [-0.4, -0.2) is 19.9 Å². The second kappa shape index (κ2) is 5.77. The predicted molar refractivity (Wildman–Crippen MR) is 87.6 cm³/mol. The molecule has 0 bridgehead atoms. The first-order chi connectivity index (χ1) is 11.7. The molecule has 120 valence electrons. The first-order valence-corrected chi connectivity index (χ1v) is 7.42. The van der Waals surface area contributed by atoms with Gasteiger partial charge < -0.3 is 18.9 Å². The van der Waals surface area contributed by atoms with Gasteiger partial charge in [-0.25, -0.2) is 4.79 Å². The number of cyclic esters (lactones) is 1. The summed E-state index contributed by atoms with van der Waals surface area (Å²) in [6.45, 7) is 0.221. The van der Waals surface area contributed by atoms with E-state index in [1.807, 2.05) is 42.5 Å². The van der Waals surface area contributed by atoms with E-state index in [1.54, 1.807) is 19.3 Å². The van der Waals surface area contributed by atoms with Crippen LogP contribution in [0, 0.1) is 0 Å². The van der Waals surface area contributed by atoms with Crippen molar-refractivity contribution in [3.8, 4) is 17.2 Å². The molecule has 0 aliphatic carbocycles. The molecule has 5 nitrogen and oxygen atoms in total. The Morgan fingerprint density at radius 1 is 1.04 bits per heavy atom. The number of esters is 1. The van der Waals surface area contributed by atoms with Gasteiger partial charge in [0, 0.05) is 5.56 Å². The van der Waals surface area contributed by atoms with Crippen LogP contribution in [0.3, 0.4) is 0 Å². The summed E-state index contributed by atoms with van der Waals surface area (Å²) < 4.78 is 21.1. The topological polar surface area (TPSA) is 54.0 Å². The molecule has 2 aromatic carbocycles. The smallest absolute Gasteiger partial charge is 0.343 e. The maximum Gasteiger partial charge on any atom is 0.343 e. The lowest BCUT2D eigenvalue weighted by molar-refractivity contribution is -0.130. The molecular formula is C19H14O5. The molecule has 0 saturated heterocycles. The molecule has 2 aliphatic rings. The van der Waals surface area contributed by atoms with E-state index in [-0.39, 0.29) is 12.8 Å². The fraction of sp³-hybridized carbons (Fsp3) is 0.105. The van der Waals surface area contributed by atoms with Crippen LogP contribution in [0.15, 0.2) is 54.1 Å². The first-order valence-electron chi connectivity index (χ1n) is 7.42. The minimum absolute atomic E-state index is 0.221. The Labute approximate surface area is 138 Å². The van der Waals surface area contributed by atoms with E-state index < -0.39 is 0 Å². The number of methoxy groups -OCH3 is 1. The Balaban J connectivity index is 1.63. The zero-order valence-electron chi connectivity index (χ0n) is 12.9. The second-order valence-electron chi connectivity index (χ2n) is 5.34. The quantitative estimate of drug-likeness (QED) is 0.640. The third kappa shape index (κ3) is 2.60. The van der Waals surface area contributed by atoms with Crippen LogP contribution in [0.1, 0.15) is 11.1 Å². The van der Waals surface area contributed by atoms with Crippen LogP contribution < -0.4 is 14.2 Å². The predicted octanol–water partition coefficient (Wildman–Crippen LogP) is 3.41. The molecule has 0 atom stereocenters. The molecule has 0 unspecified atom stereocenters. The molecule has 5 heteroatoms. The minimum Gasteiger partial charge on any atom is -0.497 e. The molecule has 2 aliphatic heterocycles. The van der Waals surface area contributed by atoms with Gasteiger partial charge in [0.1, 0.15) is 11.5 Å². The number of ether oxygens (including phenoxy) is 4. The summed E-state index contributed by atoms with van der Waals surface area (Å²) in [5.41, 5.74) is 2.15. The molecule has 0 radical (unpaired) electrons. The summed E-state index contributed by atoms with van der Waals surface area (Å²) in [4.78, 5) is 12.1. The van der Waals surface area contributed by atoms with Crippen molar-refractivity contribution in [3.63, 3.8) is 0 Å². The Morgan fingerprint density at radius 3 is 2.62 bits per heavy atom. The normalized spacial score (nSPS) is 17.0. The van der Waals surface area contributed by atoms with Crippen molar-refractivity contribution in [2.24, 2.45) is 0 Å². The Hall–Kier alpha value is -3.21. The Morgan fingerprint density at radius 2 is 1.83 bits per heavy atom. The number of fused-ring (bicyclic) bond motifs is 1. The number of carbonyl (C=O) groups is 1. The molecule has 0 saturated carbocycles. The standard InChI is InChI=1S/C19H14O5/c1-21-15-5-3-13(4-6-15)17-10-14(19(20)24-17)8-12-2-7-16-18(9-12)23-11-22-16/h2-10H,11H2,1H3/b14-8+. The van der Waals surface area contributed by atoms with Crippen molar-refractivity contribution in [3.05, 3.63) is 65.2 Å². The van der Waals surface area contributed by atoms with Gasteiger partial charge in [0.05, 0.1) is 12.7 Å². The molecule has 24 heavy (non-hydrogen) atoms. The van der Waals surface area contributed by atoms with Crippen molar-refractivity contribution in [2.75, 3.05) is 13.9 Å². The van der Waals surface area contributed by atoms with E-state index in [9.17, 15) is 4.79 Å². The SMILES string of the molecule is COc1ccc(C2=C/C(=C\c3ccc4c(c3)OCO4)C(=O)O2)cc1. The third-order valence-corrected chi connectivity index (χ3v) is 3.82. The van der Waals surface area contributed by atoms with E-state index in [2.05, 4.69) is 0 Å². The summed E-state index contributed by atoms with van der Waals surface area (Å²) >= 11 is 0. The monoisotopic (exact) mass is 322 g/mol. The van der Waals surface area contributed by atoms with E-state index in [4.69, 9.17) is 18.9 Å². The average molecular weight is 322 g/mol. The second-order valence-corrected chi connectivity index (χ2v) is 5.34. The summed E-state index contributed by atoms with van der Waals surface area (Å²) in [5.74, 6) is 2.28. The van der Waals surface area contributed by atoms with Crippen molar-refractivity contribution in [1.82, 2.24) is 0 Å². The number of hydrogen-bond acceptors (Lipinski definition) is 5. The highest BCUT2D eigenvalue weighted by molar-refractivity contribution is 6.05. The van der Waals surface area contributed by atoms with Gasteiger partial charge in [-0.1, -0.05) is 6.07 Å². The van der Waals surface area contributed by atoms with Gasteiger partial charge in [0.25, 0.3) is 0 Å². The number of benzene rings is 2. The summed E-state index contributed by atoms with van der Waals surface area (Å²) in [7, 11) is 1.61. The van der Waals surface area contributed by atoms with Crippen LogP contribution in [0.5, 0.6) is 17.2 Å². The number of rotatable bonds is 3. The van der Waals surface area contributed by atoms with Gasteiger partial charge in [-0.3, -0.25) is 0 Å². The van der Waals surface area contributed by atoms with E-state index in [0.29, 0.717) is 22.8 Å². The van der Waals surface area contributed by atoms with E-state index in [0.717, 1.165) is 16.9 Å². The summed E-state index contributed by atoms with van der Waals surface area (Å²) in [5, 5.41) is 0. The zero-order valence-corrected chi connectivity index (χ0v) is 12.9. The third-order valence-electron chi connectivity index (χ3n) is 3.82. The van der Waals surface area contributed by atoms with Crippen LogP contribution in [0.2, 0.25) is 0 Å². The highest BCUT2D eigenvalue weighted by Gasteiger charge is 2.22. The summed E-state index contributed by atoms with van der Waals surface area (Å²) in [6, 6.07) is 12.9. The minimum atomic E-state index is -0.376. The van der Waals surface area contributed by atoms with Crippen LogP contribution >= 0.6 is 0 Å². The average Bonchev–Trinajstić information content (AvgIpc) is 3.21. The maximum atomic E-state index is 12.1. The molecule has 2 aromatic rings. The van der Waals surface area contributed by atoms with Crippen molar-refractivity contribution in [2.45, 2.75) is 0 Å². The lowest BCUT2D eigenvalue weighted by atomic mass is 10.1. The molecule has 0 fully saturated rings. The van der Waals surface area contributed by atoms with Gasteiger partial charge in [0.2, 0.25) is 6.79 Å². The fourth-order valence-electron chi connectivity index (χ4n) is 2.57. The van der Waals surface area contributed by atoms with Crippen molar-refractivity contribution < 1.29 is 23.7 Å². The lowest BCUT2D eigenvalue weighted by Gasteiger charge is -2.03. The number of carbonyl (C=O) groups excluding carboxylic acids is 1. The van der Waals surface area contributed by atoms with Crippen LogP contribution in [-0.2, 0) is 9.53 Å². The largest absolute Gasteiger partial charge is 0.497 e. The van der Waals surface area contributed by atoms with Crippen molar-refractivity contribution >= 4 is 17.8 Å². The molecule has 0 amide bonds. The fourth-order valence-corrected chi connectivity index (χ4v) is 2.57. The van der Waals surface area contributed by atoms with E-state index in [1.165, 1.54) is 0 Å². The van der Waals surface area contributed by atoms with Crippen LogP contribution in [0.4, 0.5) is 0 Å². The van der Waals surface area contributed by atoms with Gasteiger partial charge in [0.15, 0.2) is 11.5 Å². The zero-order chi connectivity index (χ0) is 16.5. The van der Waals surface area contributed by atoms with Crippen molar-refractivity contribution in [1.29, 1.82) is 0 Å². The number of hydrogen-bond donors (Lipinski definition) is 0. The van der Waals surface area contributed by atoms with Gasteiger partial charge >= 0.3 is 5.97 Å². The Bertz CT molecular complexity index is 862. The molecule has 2 heterocycles. The molecule has 0 N–H and O–H groups in total. The lowest BCUT2D eigenvalue weighted by Crippen LogP contribution is -1.97. The highest BCUT2D eigenvalue weighted by atomic mass is 16.7. The molecular weight excluding hydrogens is 308 g/mol. The molecule has 0 aromatic heterocycles. The van der Waals surface area contributed by atoms with Crippen LogP contribution in [0.25, 0.3) is 11.8 Å². The van der Waals surface area contributed by atoms with Gasteiger partial charge in [-0.2, -0.15) is 0 Å². The van der Waals surface area contributed by atoms with Gasteiger partial charge in [-0.05, 0) is 54.1 Å². The molecule has 0 spiro atoms.